The van der Waals surface area contributed by atoms with Crippen LogP contribution in [0.4, 0.5) is 0 Å². The van der Waals surface area contributed by atoms with Crippen molar-refractivity contribution in [1.29, 1.82) is 0 Å². The molecule has 0 unspecified atom stereocenters. The van der Waals surface area contributed by atoms with Crippen LogP contribution < -0.4 is 10.1 Å². The van der Waals surface area contributed by atoms with Gasteiger partial charge in [-0.2, -0.15) is 0 Å². The SMILES string of the molecule is COc1ccccc1CCNC(=O)c1cn2cc(Cl)ccc2n1. The Kier molecular flexibility index (Phi) is 4.48. The zero-order valence-electron chi connectivity index (χ0n) is 12.6. The minimum Gasteiger partial charge on any atom is -0.496 e. The lowest BCUT2D eigenvalue weighted by Gasteiger charge is -2.08. The molecule has 0 aliphatic carbocycles. The second kappa shape index (κ2) is 6.71. The Morgan fingerprint density at radius 2 is 2.09 bits per heavy atom. The maximum absolute atomic E-state index is 12.2. The number of amides is 1. The minimum atomic E-state index is -0.209. The molecule has 2 aromatic heterocycles. The third-order valence-electron chi connectivity index (χ3n) is 3.52. The molecular formula is C17H16ClN3O2. The molecule has 0 saturated carbocycles. The van der Waals surface area contributed by atoms with Gasteiger partial charge in [0.25, 0.3) is 5.91 Å². The average Bonchev–Trinajstić information content (AvgIpc) is 2.98. The topological polar surface area (TPSA) is 55.6 Å². The van der Waals surface area contributed by atoms with E-state index in [2.05, 4.69) is 10.3 Å². The molecule has 0 radical (unpaired) electrons. The number of para-hydroxylation sites is 1. The van der Waals surface area contributed by atoms with Crippen LogP contribution in [0.25, 0.3) is 5.65 Å². The molecule has 0 atom stereocenters. The Hall–Kier alpha value is -2.53. The number of carbonyl (C=O) groups is 1. The van der Waals surface area contributed by atoms with Gasteiger partial charge in [-0.25, -0.2) is 4.98 Å². The summed E-state index contributed by atoms with van der Waals surface area (Å²) in [4.78, 5) is 16.5. The Morgan fingerprint density at radius 3 is 2.91 bits per heavy atom. The van der Waals surface area contributed by atoms with Gasteiger partial charge in [0.05, 0.1) is 12.1 Å². The van der Waals surface area contributed by atoms with Crippen LogP contribution in [0.3, 0.4) is 0 Å². The fourth-order valence-corrected chi connectivity index (χ4v) is 2.55. The quantitative estimate of drug-likeness (QED) is 0.783. The molecule has 0 fully saturated rings. The van der Waals surface area contributed by atoms with Crippen LogP contribution in [-0.2, 0) is 6.42 Å². The van der Waals surface area contributed by atoms with Gasteiger partial charge in [0.1, 0.15) is 17.1 Å². The third kappa shape index (κ3) is 3.46. The normalized spacial score (nSPS) is 10.7. The van der Waals surface area contributed by atoms with Gasteiger partial charge in [-0.15, -0.1) is 0 Å². The number of rotatable bonds is 5. The lowest BCUT2D eigenvalue weighted by atomic mass is 10.1. The molecule has 118 valence electrons. The van der Waals surface area contributed by atoms with E-state index in [-0.39, 0.29) is 5.91 Å². The number of halogens is 1. The van der Waals surface area contributed by atoms with E-state index in [0.717, 1.165) is 11.3 Å². The van der Waals surface area contributed by atoms with Crippen molar-refractivity contribution in [1.82, 2.24) is 14.7 Å². The maximum Gasteiger partial charge on any atom is 0.271 e. The van der Waals surface area contributed by atoms with Crippen LogP contribution >= 0.6 is 11.6 Å². The van der Waals surface area contributed by atoms with Gasteiger partial charge in [0, 0.05) is 18.9 Å². The van der Waals surface area contributed by atoms with Gasteiger partial charge < -0.3 is 14.5 Å². The number of pyridine rings is 1. The summed E-state index contributed by atoms with van der Waals surface area (Å²) in [6.07, 6.45) is 4.07. The summed E-state index contributed by atoms with van der Waals surface area (Å²) in [5.41, 5.74) is 2.11. The number of nitrogens with zero attached hydrogens (tertiary/aromatic N) is 2. The Morgan fingerprint density at radius 1 is 1.26 bits per heavy atom. The highest BCUT2D eigenvalue weighted by Crippen LogP contribution is 2.17. The number of hydrogen-bond donors (Lipinski definition) is 1. The van der Waals surface area contributed by atoms with Crippen molar-refractivity contribution in [2.75, 3.05) is 13.7 Å². The van der Waals surface area contributed by atoms with Crippen LogP contribution in [-0.4, -0.2) is 28.9 Å². The molecule has 1 amide bonds. The number of benzene rings is 1. The molecule has 2 heterocycles. The van der Waals surface area contributed by atoms with Crippen molar-refractivity contribution in [2.24, 2.45) is 0 Å². The van der Waals surface area contributed by atoms with Crippen molar-refractivity contribution in [2.45, 2.75) is 6.42 Å². The standard InChI is InChI=1S/C17H16ClN3O2/c1-23-15-5-3-2-4-12(15)8-9-19-17(22)14-11-21-10-13(18)6-7-16(21)20-14/h2-7,10-11H,8-9H2,1H3,(H,19,22). The van der Waals surface area contributed by atoms with E-state index in [1.807, 2.05) is 24.3 Å². The molecule has 0 spiro atoms. The Bertz CT molecular complexity index is 845. The number of imidazole rings is 1. The van der Waals surface area contributed by atoms with Gasteiger partial charge >= 0.3 is 0 Å². The molecule has 1 aromatic carbocycles. The highest BCUT2D eigenvalue weighted by molar-refractivity contribution is 6.30. The second-order valence-electron chi connectivity index (χ2n) is 5.06. The molecule has 5 nitrogen and oxygen atoms in total. The number of fused-ring (bicyclic) bond motifs is 1. The van der Waals surface area contributed by atoms with E-state index in [9.17, 15) is 4.79 Å². The number of ether oxygens (including phenoxy) is 1. The summed E-state index contributed by atoms with van der Waals surface area (Å²) in [5, 5.41) is 3.47. The van der Waals surface area contributed by atoms with Crippen LogP contribution in [0.15, 0.2) is 48.8 Å². The summed E-state index contributed by atoms with van der Waals surface area (Å²) in [7, 11) is 1.64. The molecule has 0 aliphatic rings. The van der Waals surface area contributed by atoms with Crippen LogP contribution in [0, 0.1) is 0 Å². The van der Waals surface area contributed by atoms with Gasteiger partial charge in [-0.1, -0.05) is 29.8 Å². The second-order valence-corrected chi connectivity index (χ2v) is 5.49. The van der Waals surface area contributed by atoms with E-state index in [1.165, 1.54) is 0 Å². The Balaban J connectivity index is 1.64. The van der Waals surface area contributed by atoms with Crippen molar-refractivity contribution in [3.8, 4) is 5.75 Å². The number of carbonyl (C=O) groups excluding carboxylic acids is 1. The summed E-state index contributed by atoms with van der Waals surface area (Å²) in [6.45, 7) is 0.508. The average molecular weight is 330 g/mol. The lowest BCUT2D eigenvalue weighted by Crippen LogP contribution is -2.26. The van der Waals surface area contributed by atoms with Gasteiger partial charge in [0.2, 0.25) is 0 Å². The highest BCUT2D eigenvalue weighted by atomic mass is 35.5. The molecule has 23 heavy (non-hydrogen) atoms. The first kappa shape index (κ1) is 15.4. The van der Waals surface area contributed by atoms with Gasteiger partial charge in [0.15, 0.2) is 0 Å². The molecule has 6 heteroatoms. The van der Waals surface area contributed by atoms with E-state index >= 15 is 0 Å². The summed E-state index contributed by atoms with van der Waals surface area (Å²) < 4.78 is 7.03. The predicted molar refractivity (Wildman–Crippen MR) is 89.2 cm³/mol. The molecule has 1 N–H and O–H groups in total. The first-order valence-electron chi connectivity index (χ1n) is 7.22. The van der Waals surface area contributed by atoms with Crippen molar-refractivity contribution >= 4 is 23.2 Å². The molecular weight excluding hydrogens is 314 g/mol. The molecule has 3 rings (SSSR count). The minimum absolute atomic E-state index is 0.209. The monoisotopic (exact) mass is 329 g/mol. The van der Waals surface area contributed by atoms with Crippen molar-refractivity contribution in [3.05, 3.63) is 65.1 Å². The van der Waals surface area contributed by atoms with Crippen LogP contribution in [0.2, 0.25) is 5.02 Å². The van der Waals surface area contributed by atoms with Gasteiger partial charge in [-0.05, 0) is 30.2 Å². The molecule has 0 aliphatic heterocycles. The third-order valence-corrected chi connectivity index (χ3v) is 3.74. The maximum atomic E-state index is 12.2. The van der Waals surface area contributed by atoms with Crippen LogP contribution in [0.5, 0.6) is 5.75 Å². The van der Waals surface area contributed by atoms with E-state index < -0.39 is 0 Å². The zero-order chi connectivity index (χ0) is 16.2. The zero-order valence-corrected chi connectivity index (χ0v) is 13.4. The van der Waals surface area contributed by atoms with Crippen molar-refractivity contribution < 1.29 is 9.53 Å². The first-order valence-corrected chi connectivity index (χ1v) is 7.59. The molecule has 0 saturated heterocycles. The fraction of sp³-hybridized carbons (Fsp3) is 0.176. The summed E-state index contributed by atoms with van der Waals surface area (Å²) in [5.74, 6) is 0.615. The van der Waals surface area contributed by atoms with Crippen LogP contribution in [0.1, 0.15) is 16.1 Å². The van der Waals surface area contributed by atoms with E-state index in [1.54, 1.807) is 36.0 Å². The number of hydrogen-bond acceptors (Lipinski definition) is 3. The number of aromatic nitrogens is 2. The number of nitrogens with one attached hydrogen (secondary N) is 1. The molecule has 3 aromatic rings. The molecule has 0 bridgehead atoms. The fourth-order valence-electron chi connectivity index (χ4n) is 2.38. The summed E-state index contributed by atoms with van der Waals surface area (Å²) >= 11 is 5.93. The summed E-state index contributed by atoms with van der Waals surface area (Å²) in [6, 6.07) is 11.3. The lowest BCUT2D eigenvalue weighted by molar-refractivity contribution is 0.0949. The predicted octanol–water partition coefficient (Wildman–Crippen LogP) is 2.97. The largest absolute Gasteiger partial charge is 0.496 e. The van der Waals surface area contributed by atoms with E-state index in [0.29, 0.717) is 29.3 Å². The highest BCUT2D eigenvalue weighted by Gasteiger charge is 2.11. The number of methoxy groups -OCH3 is 1. The van der Waals surface area contributed by atoms with Gasteiger partial charge in [-0.3, -0.25) is 4.79 Å². The smallest absolute Gasteiger partial charge is 0.271 e. The van der Waals surface area contributed by atoms with E-state index in [4.69, 9.17) is 16.3 Å². The first-order chi connectivity index (χ1) is 11.2. The van der Waals surface area contributed by atoms with Crippen molar-refractivity contribution in [3.63, 3.8) is 0 Å². The Labute approximate surface area is 138 Å².